The number of carbonyl (C=O) groups excluding carboxylic acids is 1. The van der Waals surface area contributed by atoms with Crippen molar-refractivity contribution in [3.05, 3.63) is 0 Å². The smallest absolute Gasteiger partial charge is 0.315 e. The van der Waals surface area contributed by atoms with Crippen LogP contribution >= 0.6 is 11.8 Å². The van der Waals surface area contributed by atoms with Crippen LogP contribution in [0.25, 0.3) is 0 Å². The van der Waals surface area contributed by atoms with Crippen LogP contribution in [0.3, 0.4) is 0 Å². The fourth-order valence-corrected chi connectivity index (χ4v) is 4.93. The van der Waals surface area contributed by atoms with E-state index < -0.39 is 0 Å². The van der Waals surface area contributed by atoms with E-state index in [1.807, 2.05) is 11.8 Å². The van der Waals surface area contributed by atoms with Crippen molar-refractivity contribution in [1.82, 2.24) is 16.0 Å². The lowest BCUT2D eigenvalue weighted by Gasteiger charge is -2.16. The molecule has 0 aliphatic carbocycles. The number of nitrogens with two attached hydrogens (primary N) is 1. The molecule has 0 saturated carbocycles. The van der Waals surface area contributed by atoms with Gasteiger partial charge in [0.05, 0.1) is 38.5 Å². The Labute approximate surface area is 173 Å². The summed E-state index contributed by atoms with van der Waals surface area (Å²) in [6.45, 7) is 6.65. The number of thioether (sulfide) groups is 1. The lowest BCUT2D eigenvalue weighted by atomic mass is 10.0. The zero-order valence-corrected chi connectivity index (χ0v) is 17.8. The van der Waals surface area contributed by atoms with Gasteiger partial charge in [0.15, 0.2) is 0 Å². The molecule has 2 amide bonds. The van der Waals surface area contributed by atoms with E-state index in [9.17, 15) is 4.79 Å². The Balaban J connectivity index is 1.26. The highest BCUT2D eigenvalue weighted by Gasteiger charge is 2.42. The van der Waals surface area contributed by atoms with Crippen LogP contribution in [0.4, 0.5) is 4.79 Å². The summed E-state index contributed by atoms with van der Waals surface area (Å²) < 4.78 is 16.3. The predicted octanol–water partition coefficient (Wildman–Crippen LogP) is 0.700. The number of urea groups is 1. The van der Waals surface area contributed by atoms with Crippen molar-refractivity contribution in [2.24, 2.45) is 5.73 Å². The molecule has 3 unspecified atom stereocenters. The number of nitrogens with one attached hydrogen (secondary N) is 3. The maximum absolute atomic E-state index is 11.4. The average Bonchev–Trinajstić information content (AvgIpc) is 3.23. The fraction of sp³-hybridized carbons (Fsp3) is 0.947. The Hall–Kier alpha value is -0.580. The lowest BCUT2D eigenvalue weighted by Crippen LogP contribution is -2.36. The molecule has 164 valence electrons. The monoisotopic (exact) mass is 418 g/mol. The molecular formula is C19H38N4O4S. The molecule has 9 heteroatoms. The van der Waals surface area contributed by atoms with Gasteiger partial charge >= 0.3 is 6.03 Å². The highest BCUT2D eigenvalue weighted by atomic mass is 32.2. The average molecular weight is 419 g/mol. The first-order chi connectivity index (χ1) is 13.8. The largest absolute Gasteiger partial charge is 0.379 e. The Bertz CT molecular complexity index is 419. The van der Waals surface area contributed by atoms with E-state index in [4.69, 9.17) is 19.9 Å². The van der Waals surface area contributed by atoms with Crippen molar-refractivity contribution < 1.29 is 19.0 Å². The number of carbonyl (C=O) groups is 1. The fourth-order valence-electron chi connectivity index (χ4n) is 3.39. The van der Waals surface area contributed by atoms with E-state index >= 15 is 0 Å². The van der Waals surface area contributed by atoms with Crippen molar-refractivity contribution in [1.29, 1.82) is 0 Å². The summed E-state index contributed by atoms with van der Waals surface area (Å²) in [6, 6.07) is 0.666. The van der Waals surface area contributed by atoms with Crippen LogP contribution in [0.15, 0.2) is 0 Å². The van der Waals surface area contributed by atoms with Crippen LogP contribution in [0, 0.1) is 0 Å². The first kappa shape index (κ1) is 23.7. The summed E-state index contributed by atoms with van der Waals surface area (Å²) in [6.07, 6.45) is 5.47. The lowest BCUT2D eigenvalue weighted by molar-refractivity contribution is 0.0141. The highest BCUT2D eigenvalue weighted by molar-refractivity contribution is 8.00. The maximum atomic E-state index is 11.4. The second kappa shape index (κ2) is 15.3. The zero-order chi connectivity index (χ0) is 19.9. The van der Waals surface area contributed by atoms with Gasteiger partial charge in [-0.05, 0) is 45.3 Å². The van der Waals surface area contributed by atoms with Gasteiger partial charge in [0.1, 0.15) is 0 Å². The summed E-state index contributed by atoms with van der Waals surface area (Å²) >= 11 is 1.99. The van der Waals surface area contributed by atoms with Crippen molar-refractivity contribution >= 4 is 17.8 Å². The summed E-state index contributed by atoms with van der Waals surface area (Å²) in [4.78, 5) is 11.4. The number of hydrogen-bond acceptors (Lipinski definition) is 7. The number of amides is 2. The van der Waals surface area contributed by atoms with Crippen LogP contribution in [0.1, 0.15) is 32.1 Å². The third-order valence-electron chi connectivity index (χ3n) is 4.91. The molecule has 28 heavy (non-hydrogen) atoms. The second-order valence-electron chi connectivity index (χ2n) is 7.20. The molecule has 2 aliphatic rings. The molecule has 3 atom stereocenters. The third kappa shape index (κ3) is 9.76. The van der Waals surface area contributed by atoms with E-state index in [2.05, 4.69) is 16.0 Å². The predicted molar refractivity (Wildman–Crippen MR) is 113 cm³/mol. The zero-order valence-electron chi connectivity index (χ0n) is 17.0. The van der Waals surface area contributed by atoms with E-state index in [1.165, 1.54) is 19.3 Å². The summed E-state index contributed by atoms with van der Waals surface area (Å²) in [5, 5.41) is 10.1. The minimum atomic E-state index is 0.00286. The van der Waals surface area contributed by atoms with Gasteiger partial charge < -0.3 is 35.9 Å². The maximum Gasteiger partial charge on any atom is 0.315 e. The van der Waals surface area contributed by atoms with Crippen molar-refractivity contribution in [2.45, 2.75) is 49.4 Å². The molecule has 2 saturated heterocycles. The Morgan fingerprint density at radius 1 is 0.929 bits per heavy atom. The molecule has 0 bridgehead atoms. The number of hydrogen-bond donors (Lipinski definition) is 4. The number of unbranched alkanes of at least 4 members (excludes halogenated alkanes) is 1. The number of ether oxygens (including phenoxy) is 3. The van der Waals surface area contributed by atoms with Crippen LogP contribution < -0.4 is 21.7 Å². The van der Waals surface area contributed by atoms with Crippen molar-refractivity contribution in [3.8, 4) is 0 Å². The van der Waals surface area contributed by atoms with E-state index in [1.54, 1.807) is 0 Å². The van der Waals surface area contributed by atoms with Crippen molar-refractivity contribution in [2.75, 3.05) is 65.0 Å². The molecule has 2 heterocycles. The normalized spacial score (nSPS) is 23.6. The summed E-state index contributed by atoms with van der Waals surface area (Å²) in [5.74, 6) is 1.04. The molecular weight excluding hydrogens is 380 g/mol. The van der Waals surface area contributed by atoms with Gasteiger partial charge in [0, 0.05) is 24.2 Å². The molecule has 0 aromatic rings. The van der Waals surface area contributed by atoms with Gasteiger partial charge in [-0.1, -0.05) is 6.42 Å². The van der Waals surface area contributed by atoms with Gasteiger partial charge in [-0.25, -0.2) is 4.79 Å². The number of fused-ring (bicyclic) bond motifs is 1. The molecule has 5 N–H and O–H groups in total. The van der Waals surface area contributed by atoms with E-state index in [0.29, 0.717) is 56.9 Å². The first-order valence-corrected chi connectivity index (χ1v) is 11.7. The van der Waals surface area contributed by atoms with Gasteiger partial charge in [-0.3, -0.25) is 0 Å². The highest BCUT2D eigenvalue weighted by Crippen LogP contribution is 2.32. The second-order valence-corrected chi connectivity index (χ2v) is 8.47. The SMILES string of the molecule is NCCCOCCOCCOCCCNCCCCC1SCC2NC(=O)NC21. The standard InChI is InChI=1S/C19H38N4O4S/c20-6-3-9-25-11-13-27-14-12-26-10-4-8-21-7-2-1-5-17-18-16(15-28-17)22-19(24)23-18/h16-18,21H,1-15,20H2,(H2,22,23,24). The van der Waals surface area contributed by atoms with E-state index in [-0.39, 0.29) is 6.03 Å². The number of rotatable bonds is 18. The molecule has 2 aliphatic heterocycles. The molecule has 0 spiro atoms. The molecule has 8 nitrogen and oxygen atoms in total. The minimum absolute atomic E-state index is 0.00286. The first-order valence-electron chi connectivity index (χ1n) is 10.6. The van der Waals surface area contributed by atoms with Crippen molar-refractivity contribution in [3.63, 3.8) is 0 Å². The minimum Gasteiger partial charge on any atom is -0.379 e. The van der Waals surface area contributed by atoms with Crippen LogP contribution in [-0.2, 0) is 14.2 Å². The van der Waals surface area contributed by atoms with Crippen LogP contribution in [0.5, 0.6) is 0 Å². The summed E-state index contributed by atoms with van der Waals surface area (Å²) in [5.41, 5.74) is 5.39. The molecule has 2 rings (SSSR count). The molecule has 2 fully saturated rings. The topological polar surface area (TPSA) is 107 Å². The quantitative estimate of drug-likeness (QED) is 0.192. The Morgan fingerprint density at radius 2 is 1.61 bits per heavy atom. The van der Waals surface area contributed by atoms with Crippen LogP contribution in [0.2, 0.25) is 0 Å². The molecule has 0 aromatic carbocycles. The Morgan fingerprint density at radius 3 is 2.36 bits per heavy atom. The van der Waals surface area contributed by atoms with E-state index in [0.717, 1.165) is 38.3 Å². The van der Waals surface area contributed by atoms with Crippen LogP contribution in [-0.4, -0.2) is 88.4 Å². The van der Waals surface area contributed by atoms with Gasteiger partial charge in [-0.2, -0.15) is 11.8 Å². The van der Waals surface area contributed by atoms with Gasteiger partial charge in [0.25, 0.3) is 0 Å². The Kier molecular flexibility index (Phi) is 12.9. The third-order valence-corrected chi connectivity index (χ3v) is 6.42. The summed E-state index contributed by atoms with van der Waals surface area (Å²) in [7, 11) is 0. The van der Waals surface area contributed by atoms with Gasteiger partial charge in [0.2, 0.25) is 0 Å². The molecule has 0 radical (unpaired) electrons. The van der Waals surface area contributed by atoms with Gasteiger partial charge in [-0.15, -0.1) is 0 Å². The molecule has 0 aromatic heterocycles.